The van der Waals surface area contributed by atoms with Gasteiger partial charge in [-0.1, -0.05) is 86.3 Å². The summed E-state index contributed by atoms with van der Waals surface area (Å²) in [5.74, 6) is 1.08. The van der Waals surface area contributed by atoms with Crippen molar-refractivity contribution in [2.75, 3.05) is 6.54 Å². The second kappa shape index (κ2) is 12.4. The minimum absolute atomic E-state index is 0.529. The third-order valence-corrected chi connectivity index (χ3v) is 8.15. The van der Waals surface area contributed by atoms with Gasteiger partial charge in [0.05, 0.1) is 11.4 Å². The summed E-state index contributed by atoms with van der Waals surface area (Å²) in [4.78, 5) is 9.50. The molecule has 0 unspecified atom stereocenters. The molecule has 0 spiro atoms. The molecule has 1 aromatic heterocycles. The zero-order valence-corrected chi connectivity index (χ0v) is 26.5. The van der Waals surface area contributed by atoms with Gasteiger partial charge in [0.2, 0.25) is 0 Å². The van der Waals surface area contributed by atoms with Gasteiger partial charge in [0.1, 0.15) is 0 Å². The highest BCUT2D eigenvalue weighted by atomic mass is 14.7. The molecule has 2 heterocycles. The molecule has 0 aliphatic carbocycles. The third kappa shape index (κ3) is 6.54. The number of aliphatic imine (C=N–C) groups is 1. The van der Waals surface area contributed by atoms with Crippen molar-refractivity contribution in [2.24, 2.45) is 4.99 Å². The van der Waals surface area contributed by atoms with Crippen LogP contribution in [0.4, 0.5) is 0 Å². The van der Waals surface area contributed by atoms with Crippen molar-refractivity contribution in [2.45, 2.75) is 73.6 Å². The summed E-state index contributed by atoms with van der Waals surface area (Å²) in [6, 6.07) is 29.1. The predicted octanol–water partition coefficient (Wildman–Crippen LogP) is 10.5. The van der Waals surface area contributed by atoms with Crippen LogP contribution < -0.4 is 0 Å². The van der Waals surface area contributed by atoms with Crippen molar-refractivity contribution < 1.29 is 0 Å². The van der Waals surface area contributed by atoms with Gasteiger partial charge >= 0.3 is 0 Å². The molecule has 0 bridgehead atoms. The normalized spacial score (nSPS) is 12.7. The van der Waals surface area contributed by atoms with E-state index in [1.54, 1.807) is 0 Å². The van der Waals surface area contributed by atoms with E-state index in [9.17, 15) is 0 Å². The highest BCUT2D eigenvalue weighted by Crippen LogP contribution is 2.30. The van der Waals surface area contributed by atoms with Crippen molar-refractivity contribution in [1.29, 1.82) is 0 Å². The molecule has 42 heavy (non-hydrogen) atoms. The molecule has 0 radical (unpaired) electrons. The Kier molecular flexibility index (Phi) is 8.73. The molecule has 2 nitrogen and oxygen atoms in total. The minimum Gasteiger partial charge on any atom is -0.284 e. The van der Waals surface area contributed by atoms with Gasteiger partial charge in [-0.25, -0.2) is 0 Å². The van der Waals surface area contributed by atoms with Crippen LogP contribution in [0.3, 0.4) is 0 Å². The average molecular weight is 553 g/mol. The second-order valence-corrected chi connectivity index (χ2v) is 12.6. The maximum Gasteiger partial charge on any atom is 0.0780 e. The van der Waals surface area contributed by atoms with Gasteiger partial charge < -0.3 is 0 Å². The number of aromatic nitrogens is 1. The van der Waals surface area contributed by atoms with E-state index in [1.165, 1.54) is 72.1 Å². The van der Waals surface area contributed by atoms with E-state index in [2.05, 4.69) is 139 Å². The predicted molar refractivity (Wildman–Crippen MR) is 181 cm³/mol. The Morgan fingerprint density at radius 3 is 1.79 bits per heavy atom. The van der Waals surface area contributed by atoms with Crippen LogP contribution in [0.15, 0.2) is 90.1 Å². The monoisotopic (exact) mass is 552 g/mol. The summed E-state index contributed by atoms with van der Waals surface area (Å²) in [7, 11) is 0. The number of aryl methyl sites for hydroxylation is 4. The van der Waals surface area contributed by atoms with E-state index in [4.69, 9.17) is 4.99 Å². The largest absolute Gasteiger partial charge is 0.284 e. The molecule has 0 fully saturated rings. The second-order valence-electron chi connectivity index (χ2n) is 12.6. The first kappa shape index (κ1) is 29.5. The fourth-order valence-electron chi connectivity index (χ4n) is 6.01. The van der Waals surface area contributed by atoms with E-state index < -0.39 is 0 Å². The lowest BCUT2D eigenvalue weighted by molar-refractivity contribution is 0.859. The summed E-state index contributed by atoms with van der Waals surface area (Å²) >= 11 is 0. The zero-order valence-electron chi connectivity index (χ0n) is 26.5. The maximum absolute atomic E-state index is 4.84. The third-order valence-electron chi connectivity index (χ3n) is 8.15. The molecule has 214 valence electrons. The molecule has 5 aromatic rings. The Bertz CT molecular complexity index is 1730. The lowest BCUT2D eigenvalue weighted by atomic mass is 9.88. The number of hydrogen-bond acceptors (Lipinski definition) is 2. The molecule has 2 heteroatoms. The summed E-state index contributed by atoms with van der Waals surface area (Å²) in [5.41, 5.74) is 15.4. The molecule has 6 rings (SSSR count). The lowest BCUT2D eigenvalue weighted by Crippen LogP contribution is -2.15. The Morgan fingerprint density at radius 2 is 1.17 bits per heavy atom. The average Bonchev–Trinajstić information content (AvgIpc) is 2.95. The van der Waals surface area contributed by atoms with Crippen LogP contribution in [-0.2, 0) is 6.42 Å². The van der Waals surface area contributed by atoms with E-state index >= 15 is 0 Å². The smallest absolute Gasteiger partial charge is 0.0780 e. The lowest BCUT2D eigenvalue weighted by Gasteiger charge is -2.20. The summed E-state index contributed by atoms with van der Waals surface area (Å²) in [6.07, 6.45) is 2.96. The topological polar surface area (TPSA) is 25.2 Å². The highest BCUT2D eigenvalue weighted by molar-refractivity contribution is 6.14. The number of pyridine rings is 1. The Labute approximate surface area is 252 Å². The summed E-state index contributed by atoms with van der Waals surface area (Å²) in [5, 5.41) is 2.50. The first-order chi connectivity index (χ1) is 20.1. The fourth-order valence-corrected chi connectivity index (χ4v) is 6.01. The summed E-state index contributed by atoms with van der Waals surface area (Å²) < 4.78 is 0. The van der Waals surface area contributed by atoms with Gasteiger partial charge in [-0.15, -0.1) is 0 Å². The number of hydrogen-bond donors (Lipinski definition) is 0. The van der Waals surface area contributed by atoms with Gasteiger partial charge in [-0.3, -0.25) is 9.98 Å². The van der Waals surface area contributed by atoms with Crippen molar-refractivity contribution in [1.82, 2.24) is 4.98 Å². The minimum atomic E-state index is 0.529. The van der Waals surface area contributed by atoms with Crippen LogP contribution in [-0.4, -0.2) is 17.2 Å². The van der Waals surface area contributed by atoms with E-state index in [0.29, 0.717) is 11.8 Å². The van der Waals surface area contributed by atoms with Gasteiger partial charge in [0.15, 0.2) is 0 Å². The first-order valence-corrected chi connectivity index (χ1v) is 15.3. The van der Waals surface area contributed by atoms with E-state index in [0.717, 1.165) is 18.7 Å². The molecule has 1 aliphatic heterocycles. The summed E-state index contributed by atoms with van der Waals surface area (Å²) in [6.45, 7) is 18.5. The van der Waals surface area contributed by atoms with E-state index in [-0.39, 0.29) is 0 Å². The maximum atomic E-state index is 4.84. The molecular weight excluding hydrogens is 508 g/mol. The molecule has 0 saturated heterocycles. The molecule has 0 atom stereocenters. The van der Waals surface area contributed by atoms with Gasteiger partial charge in [0, 0.05) is 34.8 Å². The standard InChI is InChI=1S/C20H23N.C20H21N/c2*1-13(2)17-6-5-16-7-8-21-20(19(16)12-17)18-10-14(3)9-15(4)11-18/h5-6,9-13H,7-8H2,1-4H3;5-13H,1-4H3. The Balaban J connectivity index is 0.000000168. The van der Waals surface area contributed by atoms with Gasteiger partial charge in [0.25, 0.3) is 0 Å². The molecule has 0 N–H and O–H groups in total. The van der Waals surface area contributed by atoms with Crippen LogP contribution in [0.25, 0.3) is 22.0 Å². The van der Waals surface area contributed by atoms with Crippen molar-refractivity contribution in [3.05, 3.63) is 135 Å². The van der Waals surface area contributed by atoms with Crippen LogP contribution >= 0.6 is 0 Å². The molecule has 4 aromatic carbocycles. The van der Waals surface area contributed by atoms with Gasteiger partial charge in [-0.2, -0.15) is 0 Å². The number of fused-ring (bicyclic) bond motifs is 2. The van der Waals surface area contributed by atoms with Crippen LogP contribution in [0.5, 0.6) is 0 Å². The van der Waals surface area contributed by atoms with Crippen LogP contribution in [0.1, 0.15) is 89.6 Å². The molecule has 0 saturated carbocycles. The molecular formula is C40H44N2. The Hall–Kier alpha value is -4.04. The Morgan fingerprint density at radius 1 is 0.595 bits per heavy atom. The molecule has 0 amide bonds. The van der Waals surface area contributed by atoms with Gasteiger partial charge in [-0.05, 0) is 110 Å². The number of rotatable bonds is 4. The van der Waals surface area contributed by atoms with Crippen LogP contribution in [0, 0.1) is 27.7 Å². The van der Waals surface area contributed by atoms with Crippen molar-refractivity contribution in [3.63, 3.8) is 0 Å². The number of benzene rings is 4. The fraction of sp³-hybridized carbons (Fsp3) is 0.300. The van der Waals surface area contributed by atoms with Crippen LogP contribution in [0.2, 0.25) is 0 Å². The quantitative estimate of drug-likeness (QED) is 0.218. The SMILES string of the molecule is Cc1cc(C)cc(-c2nccc3ccc(C(C)C)cc23)c1.Cc1cc(C)cc(C2=NCCc3ccc(C(C)C)cc32)c1. The molecule has 1 aliphatic rings. The zero-order chi connectivity index (χ0) is 30.0. The first-order valence-electron chi connectivity index (χ1n) is 15.3. The van der Waals surface area contributed by atoms with Crippen molar-refractivity contribution in [3.8, 4) is 11.3 Å². The van der Waals surface area contributed by atoms with Crippen molar-refractivity contribution >= 4 is 16.5 Å². The highest BCUT2D eigenvalue weighted by Gasteiger charge is 2.17. The number of nitrogens with zero attached hydrogens (tertiary/aromatic N) is 2. The van der Waals surface area contributed by atoms with E-state index in [1.807, 2.05) is 6.20 Å².